The van der Waals surface area contributed by atoms with Gasteiger partial charge in [-0.15, -0.1) is 11.3 Å². The van der Waals surface area contributed by atoms with Crippen molar-refractivity contribution in [3.05, 3.63) is 59.2 Å². The van der Waals surface area contributed by atoms with Crippen molar-refractivity contribution in [2.24, 2.45) is 18.4 Å². The zero-order valence-corrected chi connectivity index (χ0v) is 21.3. The Morgan fingerprint density at radius 1 is 1.14 bits per heavy atom. The Bertz CT molecular complexity index is 1740. The molecule has 2 N–H and O–H groups in total. The molecule has 0 unspecified atom stereocenters. The first-order chi connectivity index (χ1) is 17.8. The number of carbonyl (C=O) groups excluding carboxylic acids is 2. The Morgan fingerprint density at radius 3 is 2.68 bits per heavy atom. The van der Waals surface area contributed by atoms with E-state index in [9.17, 15) is 9.59 Å². The van der Waals surface area contributed by atoms with E-state index in [1.807, 2.05) is 36.8 Å². The number of anilines is 1. The number of rotatable bonds is 4. The minimum absolute atomic E-state index is 0.0199. The normalized spacial score (nSPS) is 20.1. The number of nitrogen functional groups attached to an aromatic ring is 1. The molecule has 0 spiro atoms. The molecule has 0 saturated heterocycles. The molecule has 9 nitrogen and oxygen atoms in total. The highest BCUT2D eigenvalue weighted by Gasteiger charge is 2.62. The fourth-order valence-electron chi connectivity index (χ4n) is 5.92. The van der Waals surface area contributed by atoms with Gasteiger partial charge in [0.15, 0.2) is 0 Å². The number of nitrogens with zero attached hydrogens (tertiary/aromatic N) is 6. The van der Waals surface area contributed by atoms with E-state index in [4.69, 9.17) is 5.73 Å². The van der Waals surface area contributed by atoms with E-state index in [0.717, 1.165) is 51.3 Å². The molecule has 0 radical (unpaired) electrons. The molecule has 3 fully saturated rings. The van der Waals surface area contributed by atoms with Crippen LogP contribution in [0.1, 0.15) is 35.2 Å². The quantitative estimate of drug-likeness (QED) is 0.363. The van der Waals surface area contributed by atoms with Gasteiger partial charge in [0.1, 0.15) is 5.82 Å². The second-order valence-corrected chi connectivity index (χ2v) is 11.3. The number of hydrogen-bond donors (Lipinski definition) is 1. The topological polar surface area (TPSA) is 110 Å². The van der Waals surface area contributed by atoms with Crippen LogP contribution in [-0.2, 0) is 18.4 Å². The fraction of sp³-hybridized carbons (Fsp3) is 0.296. The molecule has 2 aromatic carbocycles. The van der Waals surface area contributed by atoms with Crippen molar-refractivity contribution in [2.45, 2.75) is 25.8 Å². The first-order valence-corrected chi connectivity index (χ1v) is 13.1. The highest BCUT2D eigenvalue weighted by Crippen LogP contribution is 2.65. The Morgan fingerprint density at radius 2 is 1.92 bits per heavy atom. The van der Waals surface area contributed by atoms with E-state index < -0.39 is 0 Å². The van der Waals surface area contributed by atoms with Crippen LogP contribution >= 0.6 is 11.3 Å². The molecule has 37 heavy (non-hydrogen) atoms. The maximum atomic E-state index is 14.1. The van der Waals surface area contributed by atoms with Crippen molar-refractivity contribution in [1.29, 1.82) is 0 Å². The van der Waals surface area contributed by atoms with Gasteiger partial charge in [0.25, 0.3) is 5.91 Å². The largest absolute Gasteiger partial charge is 0.383 e. The third kappa shape index (κ3) is 3.25. The summed E-state index contributed by atoms with van der Waals surface area (Å²) in [6, 6.07) is 11.3. The third-order valence-corrected chi connectivity index (χ3v) is 8.86. The van der Waals surface area contributed by atoms with Crippen LogP contribution in [0.3, 0.4) is 0 Å². The average molecular weight is 512 g/mol. The minimum atomic E-state index is -0.300. The molecule has 0 aliphatic heterocycles. The summed E-state index contributed by atoms with van der Waals surface area (Å²) in [7, 11) is 3.56. The molecule has 5 aromatic rings. The Labute approximate surface area is 216 Å². The van der Waals surface area contributed by atoms with Crippen LogP contribution in [0.25, 0.3) is 32.0 Å². The average Bonchev–Trinajstić information content (AvgIpc) is 3.46. The lowest BCUT2D eigenvalue weighted by atomic mass is 9.44. The summed E-state index contributed by atoms with van der Waals surface area (Å²) in [5, 5.41) is 8.97. The summed E-state index contributed by atoms with van der Waals surface area (Å²) >= 11 is 1.56. The van der Waals surface area contributed by atoms with Gasteiger partial charge >= 0.3 is 0 Å². The van der Waals surface area contributed by atoms with E-state index in [0.29, 0.717) is 22.8 Å². The summed E-state index contributed by atoms with van der Waals surface area (Å²) in [5.74, 6) is 0.836. The smallest absolute Gasteiger partial charge is 0.272 e. The van der Waals surface area contributed by atoms with Gasteiger partial charge in [-0.25, -0.2) is 15.0 Å². The number of thiazole rings is 1. The van der Waals surface area contributed by atoms with Crippen LogP contribution in [-0.4, -0.2) is 48.6 Å². The van der Waals surface area contributed by atoms with Crippen LogP contribution in [0.15, 0.2) is 48.1 Å². The number of pyridine rings is 1. The molecular formula is C27H25N7O2S. The molecule has 3 aromatic heterocycles. The van der Waals surface area contributed by atoms with Gasteiger partial charge in [-0.1, -0.05) is 6.07 Å². The van der Waals surface area contributed by atoms with E-state index in [1.165, 1.54) is 0 Å². The molecular weight excluding hydrogens is 486 g/mol. The van der Waals surface area contributed by atoms with E-state index in [2.05, 4.69) is 15.1 Å². The number of carbonyl (C=O) groups is 2. The number of fused-ring (bicyclic) bond motifs is 4. The molecule has 8 rings (SSSR count). The van der Waals surface area contributed by atoms with Gasteiger partial charge in [-0.05, 0) is 61.1 Å². The standard InChI is InChI=1S/C27H25N7O2S/c1-32-23-18-8-17(4-6-20(18)31-24(28)19(23)12-30-32)25(35)34(33(2)26(36)27-9-16(10-27)11-27)13-15-3-5-21-22(7-15)37-14-29-21/h3-8,12,14,16H,9-11,13H2,1-2H3,(H2,28,31). The van der Waals surface area contributed by atoms with Crippen molar-refractivity contribution in [2.75, 3.05) is 12.8 Å². The van der Waals surface area contributed by atoms with Crippen molar-refractivity contribution in [3.63, 3.8) is 0 Å². The van der Waals surface area contributed by atoms with E-state index in [1.54, 1.807) is 51.4 Å². The monoisotopic (exact) mass is 511 g/mol. The molecule has 10 heteroatoms. The maximum absolute atomic E-state index is 14.1. The van der Waals surface area contributed by atoms with Gasteiger partial charge in [-0.2, -0.15) is 5.10 Å². The number of benzene rings is 2. The van der Waals surface area contributed by atoms with E-state index in [-0.39, 0.29) is 23.8 Å². The number of hydrogen-bond acceptors (Lipinski definition) is 7. The number of aryl methyl sites for hydroxylation is 1. The minimum Gasteiger partial charge on any atom is -0.383 e. The highest BCUT2D eigenvalue weighted by molar-refractivity contribution is 7.16. The van der Waals surface area contributed by atoms with Crippen LogP contribution in [0.4, 0.5) is 5.82 Å². The first kappa shape index (κ1) is 22.2. The molecule has 2 bridgehead atoms. The lowest BCUT2D eigenvalue weighted by Crippen LogP contribution is -2.63. The van der Waals surface area contributed by atoms with Crippen LogP contribution in [0, 0.1) is 11.3 Å². The van der Waals surface area contributed by atoms with Crippen molar-refractivity contribution >= 4 is 61.0 Å². The highest BCUT2D eigenvalue weighted by atomic mass is 32.1. The Balaban J connectivity index is 1.30. The maximum Gasteiger partial charge on any atom is 0.272 e. The summed E-state index contributed by atoms with van der Waals surface area (Å²) in [6.45, 7) is 0.271. The SMILES string of the molecule is CN(C(=O)C12CC(C1)C2)N(Cc1ccc2ncsc2c1)C(=O)c1ccc2nc(N)c3cnn(C)c3c2c1. The van der Waals surface area contributed by atoms with Gasteiger partial charge in [0.05, 0.1) is 50.3 Å². The fourth-order valence-corrected chi connectivity index (χ4v) is 6.66. The zero-order chi connectivity index (χ0) is 25.5. The van der Waals surface area contributed by atoms with Crippen LogP contribution in [0.2, 0.25) is 0 Å². The number of aromatic nitrogens is 4. The second kappa shape index (κ2) is 7.72. The summed E-state index contributed by atoms with van der Waals surface area (Å²) < 4.78 is 2.79. The van der Waals surface area contributed by atoms with Crippen molar-refractivity contribution < 1.29 is 9.59 Å². The molecule has 3 heterocycles. The number of hydrazine groups is 1. The van der Waals surface area contributed by atoms with Crippen molar-refractivity contribution in [3.8, 4) is 0 Å². The summed E-state index contributed by atoms with van der Waals surface area (Å²) in [6.07, 6.45) is 4.45. The van der Waals surface area contributed by atoms with Gasteiger partial charge in [-0.3, -0.25) is 19.3 Å². The molecule has 2 amide bonds. The molecule has 3 aliphatic rings. The van der Waals surface area contributed by atoms with Gasteiger partial charge in [0.2, 0.25) is 5.91 Å². The molecule has 186 valence electrons. The molecule has 3 saturated carbocycles. The van der Waals surface area contributed by atoms with Crippen molar-refractivity contribution in [1.82, 2.24) is 29.8 Å². The number of amides is 2. The molecule has 0 atom stereocenters. The van der Waals surface area contributed by atoms with E-state index >= 15 is 0 Å². The first-order valence-electron chi connectivity index (χ1n) is 12.3. The summed E-state index contributed by atoms with van der Waals surface area (Å²) in [4.78, 5) is 36.5. The third-order valence-electron chi connectivity index (χ3n) is 8.06. The van der Waals surface area contributed by atoms with Crippen LogP contribution in [0.5, 0.6) is 0 Å². The number of nitrogens with two attached hydrogens (primary N) is 1. The zero-order valence-electron chi connectivity index (χ0n) is 20.5. The lowest BCUT2D eigenvalue weighted by Gasteiger charge is -2.61. The van der Waals surface area contributed by atoms with Gasteiger partial charge < -0.3 is 5.73 Å². The van der Waals surface area contributed by atoms with Gasteiger partial charge in [0, 0.05) is 25.0 Å². The van der Waals surface area contributed by atoms with Crippen LogP contribution < -0.4 is 5.73 Å². The lowest BCUT2D eigenvalue weighted by molar-refractivity contribution is -0.187. The summed E-state index contributed by atoms with van der Waals surface area (Å²) in [5.41, 5.74) is 11.5. The second-order valence-electron chi connectivity index (χ2n) is 10.4. The Hall–Kier alpha value is -4.05. The molecule has 3 aliphatic carbocycles. The predicted octanol–water partition coefficient (Wildman–Crippen LogP) is 4.13. The predicted molar refractivity (Wildman–Crippen MR) is 142 cm³/mol. The Kier molecular flexibility index (Phi) is 4.63.